The van der Waals surface area contributed by atoms with Crippen LogP contribution in [0.4, 0.5) is 0 Å². The van der Waals surface area contributed by atoms with Crippen molar-refractivity contribution in [3.05, 3.63) is 157 Å². The van der Waals surface area contributed by atoms with Gasteiger partial charge in [-0.1, -0.05) is 103 Å². The molecule has 0 aliphatic heterocycles. The van der Waals surface area contributed by atoms with Crippen molar-refractivity contribution in [2.45, 2.75) is 0 Å². The second-order valence-corrected chi connectivity index (χ2v) is 13.1. The number of aromatic nitrogens is 2. The Kier molecular flexibility index (Phi) is 5.51. The van der Waals surface area contributed by atoms with Crippen molar-refractivity contribution in [2.24, 2.45) is 0 Å². The maximum atomic E-state index is 10.4. The molecule has 4 heteroatoms. The van der Waals surface area contributed by atoms with Gasteiger partial charge in [0.05, 0.1) is 38.0 Å². The summed E-state index contributed by atoms with van der Waals surface area (Å²) in [5.41, 5.74) is 9.39. The third kappa shape index (κ3) is 3.72. The molecule has 3 nitrogen and oxygen atoms in total. The standard InChI is InChI=1S/C43H25N3S/c44-26-29-25-28(19-24-37(29)46-39-14-6-1-9-31(39)32-10-2-7-15-40(32)46)27-17-20-30(21-18-27)45-38-13-5-3-11-33(38)35-22-23-36-34-12-4-8-16-41(34)47-43(36)42(35)45/h1-25H. The molecule has 0 radical (unpaired) electrons. The molecule has 218 valence electrons. The zero-order valence-corrected chi connectivity index (χ0v) is 26.0. The van der Waals surface area contributed by atoms with Crippen molar-refractivity contribution in [2.75, 3.05) is 0 Å². The van der Waals surface area contributed by atoms with Gasteiger partial charge < -0.3 is 9.13 Å². The molecule has 0 fully saturated rings. The highest BCUT2D eigenvalue weighted by Gasteiger charge is 2.18. The number of nitrogens with zero attached hydrogens (tertiary/aromatic N) is 3. The van der Waals surface area contributed by atoms with Crippen molar-refractivity contribution in [1.29, 1.82) is 5.26 Å². The number of benzene rings is 7. The molecule has 3 heterocycles. The lowest BCUT2D eigenvalue weighted by Gasteiger charge is -2.13. The minimum atomic E-state index is 0.646. The van der Waals surface area contributed by atoms with Gasteiger partial charge >= 0.3 is 0 Å². The van der Waals surface area contributed by atoms with Crippen molar-refractivity contribution < 1.29 is 0 Å². The molecular formula is C43H25N3S. The number of hydrogen-bond donors (Lipinski definition) is 0. The number of rotatable bonds is 3. The number of fused-ring (bicyclic) bond motifs is 10. The Morgan fingerprint density at radius 1 is 0.468 bits per heavy atom. The van der Waals surface area contributed by atoms with E-state index in [1.807, 2.05) is 17.4 Å². The van der Waals surface area contributed by atoms with Gasteiger partial charge in [0.15, 0.2) is 0 Å². The molecule has 0 aliphatic carbocycles. The Morgan fingerprint density at radius 2 is 1.02 bits per heavy atom. The number of nitriles is 1. The quantitative estimate of drug-likeness (QED) is 0.195. The van der Waals surface area contributed by atoms with Crippen LogP contribution in [0, 0.1) is 11.3 Å². The van der Waals surface area contributed by atoms with Gasteiger partial charge in [0, 0.05) is 42.7 Å². The predicted molar refractivity (Wildman–Crippen MR) is 198 cm³/mol. The van der Waals surface area contributed by atoms with Gasteiger partial charge in [-0.15, -0.1) is 11.3 Å². The Bertz CT molecular complexity index is 2860. The second kappa shape index (κ2) is 9.92. The highest BCUT2D eigenvalue weighted by molar-refractivity contribution is 7.26. The molecule has 0 spiro atoms. The van der Waals surface area contributed by atoms with Crippen LogP contribution in [0.5, 0.6) is 0 Å². The molecule has 47 heavy (non-hydrogen) atoms. The molecule has 0 amide bonds. The fraction of sp³-hybridized carbons (Fsp3) is 0. The zero-order chi connectivity index (χ0) is 31.1. The van der Waals surface area contributed by atoms with Crippen LogP contribution < -0.4 is 0 Å². The van der Waals surface area contributed by atoms with Gasteiger partial charge in [-0.05, 0) is 59.7 Å². The zero-order valence-electron chi connectivity index (χ0n) is 25.2. The summed E-state index contributed by atoms with van der Waals surface area (Å²) in [5.74, 6) is 0. The third-order valence-electron chi connectivity index (χ3n) is 9.58. The summed E-state index contributed by atoms with van der Waals surface area (Å²) in [6.45, 7) is 0. The van der Waals surface area contributed by atoms with Crippen LogP contribution in [0.2, 0.25) is 0 Å². The van der Waals surface area contributed by atoms with Crippen LogP contribution in [-0.2, 0) is 0 Å². The first-order valence-corrected chi connectivity index (χ1v) is 16.6. The lowest BCUT2D eigenvalue weighted by atomic mass is 10.0. The summed E-state index contributed by atoms with van der Waals surface area (Å²) in [7, 11) is 0. The first-order chi connectivity index (χ1) is 23.3. The Morgan fingerprint density at radius 3 is 1.70 bits per heavy atom. The predicted octanol–water partition coefficient (Wildman–Crippen LogP) is 11.8. The van der Waals surface area contributed by atoms with Crippen molar-refractivity contribution in [1.82, 2.24) is 9.13 Å². The normalized spacial score (nSPS) is 11.8. The van der Waals surface area contributed by atoms with E-state index in [1.165, 1.54) is 52.8 Å². The van der Waals surface area contributed by atoms with E-state index >= 15 is 0 Å². The first kappa shape index (κ1) is 26.1. The summed E-state index contributed by atoms with van der Waals surface area (Å²) >= 11 is 1.87. The molecule has 0 atom stereocenters. The van der Waals surface area contributed by atoms with E-state index in [0.29, 0.717) is 5.56 Å². The maximum Gasteiger partial charge on any atom is 0.101 e. The Balaban J connectivity index is 1.12. The third-order valence-corrected chi connectivity index (χ3v) is 10.8. The first-order valence-electron chi connectivity index (χ1n) is 15.8. The lowest BCUT2D eigenvalue weighted by molar-refractivity contribution is 1.17. The molecule has 0 saturated heterocycles. The van der Waals surface area contributed by atoms with E-state index in [9.17, 15) is 5.26 Å². The summed E-state index contributed by atoms with van der Waals surface area (Å²) in [6, 6.07) is 56.3. The SMILES string of the molecule is N#Cc1cc(-c2ccc(-n3c4ccccc4c4ccc5c6ccccc6sc5c43)cc2)ccc1-n1c2ccccc2c2ccccc21. The van der Waals surface area contributed by atoms with Gasteiger partial charge in [0.2, 0.25) is 0 Å². The molecule has 0 bridgehead atoms. The average Bonchev–Trinajstić information content (AvgIpc) is 3.79. The number of para-hydroxylation sites is 3. The van der Waals surface area contributed by atoms with E-state index in [4.69, 9.17) is 0 Å². The minimum Gasteiger partial charge on any atom is -0.308 e. The van der Waals surface area contributed by atoms with Crippen LogP contribution in [0.1, 0.15) is 5.56 Å². The topological polar surface area (TPSA) is 33.6 Å². The van der Waals surface area contributed by atoms with Gasteiger partial charge in [-0.3, -0.25) is 0 Å². The number of thiophene rings is 1. The van der Waals surface area contributed by atoms with Crippen LogP contribution in [0.3, 0.4) is 0 Å². The van der Waals surface area contributed by atoms with E-state index in [1.54, 1.807) is 0 Å². The van der Waals surface area contributed by atoms with Crippen LogP contribution in [0.15, 0.2) is 152 Å². The molecule has 0 aliphatic rings. The van der Waals surface area contributed by atoms with Gasteiger partial charge in [-0.2, -0.15) is 5.26 Å². The molecule has 3 aromatic heterocycles. The fourth-order valence-corrected chi connectivity index (χ4v) is 8.72. The van der Waals surface area contributed by atoms with Crippen molar-refractivity contribution in [3.8, 4) is 28.6 Å². The largest absolute Gasteiger partial charge is 0.308 e. The molecule has 10 aromatic rings. The Hall–Kier alpha value is -6.15. The molecule has 0 unspecified atom stereocenters. The summed E-state index contributed by atoms with van der Waals surface area (Å²) in [6.07, 6.45) is 0. The maximum absolute atomic E-state index is 10.4. The molecule has 10 rings (SSSR count). The van der Waals surface area contributed by atoms with E-state index in [-0.39, 0.29) is 0 Å². The highest BCUT2D eigenvalue weighted by atomic mass is 32.1. The molecule has 7 aromatic carbocycles. The minimum absolute atomic E-state index is 0.646. The lowest BCUT2D eigenvalue weighted by Crippen LogP contribution is -1.98. The fourth-order valence-electron chi connectivity index (χ4n) is 7.48. The van der Waals surface area contributed by atoms with Crippen LogP contribution in [-0.4, -0.2) is 9.13 Å². The Labute approximate surface area is 274 Å². The summed E-state index contributed by atoms with van der Waals surface area (Å²) in [5, 5.41) is 17.9. The number of hydrogen-bond acceptors (Lipinski definition) is 2. The van der Waals surface area contributed by atoms with Crippen LogP contribution >= 0.6 is 11.3 Å². The van der Waals surface area contributed by atoms with Crippen molar-refractivity contribution >= 4 is 75.1 Å². The van der Waals surface area contributed by atoms with E-state index < -0.39 is 0 Å². The van der Waals surface area contributed by atoms with Gasteiger partial charge in [0.1, 0.15) is 6.07 Å². The van der Waals surface area contributed by atoms with E-state index in [0.717, 1.165) is 33.5 Å². The smallest absolute Gasteiger partial charge is 0.101 e. The molecule has 0 N–H and O–H groups in total. The molecular weight excluding hydrogens is 591 g/mol. The van der Waals surface area contributed by atoms with Gasteiger partial charge in [0.25, 0.3) is 0 Å². The molecule has 0 saturated carbocycles. The average molecular weight is 616 g/mol. The van der Waals surface area contributed by atoms with Crippen LogP contribution in [0.25, 0.3) is 86.3 Å². The summed E-state index contributed by atoms with van der Waals surface area (Å²) in [4.78, 5) is 0. The second-order valence-electron chi connectivity index (χ2n) is 12.0. The van der Waals surface area contributed by atoms with Crippen molar-refractivity contribution in [3.63, 3.8) is 0 Å². The summed E-state index contributed by atoms with van der Waals surface area (Å²) < 4.78 is 7.24. The van der Waals surface area contributed by atoms with Gasteiger partial charge in [-0.25, -0.2) is 0 Å². The monoisotopic (exact) mass is 615 g/mol. The highest BCUT2D eigenvalue weighted by Crippen LogP contribution is 2.43. The van der Waals surface area contributed by atoms with E-state index in [2.05, 4.69) is 161 Å².